The van der Waals surface area contributed by atoms with Crippen LogP contribution in [0.3, 0.4) is 0 Å². The third kappa shape index (κ3) is 4.43. The smallest absolute Gasteiger partial charge is 0.229 e. The molecule has 26 heavy (non-hydrogen) atoms. The van der Waals surface area contributed by atoms with E-state index in [1.54, 1.807) is 13.2 Å². The van der Waals surface area contributed by atoms with E-state index in [2.05, 4.69) is 27.5 Å². The average Bonchev–Trinajstić information content (AvgIpc) is 2.67. The molecular formula is C20H21ClN4O. The molecule has 0 bridgehead atoms. The number of anilines is 3. The number of benzene rings is 2. The summed E-state index contributed by atoms with van der Waals surface area (Å²) >= 11 is 6.20. The van der Waals surface area contributed by atoms with Crippen molar-refractivity contribution in [2.45, 2.75) is 13.3 Å². The minimum atomic E-state index is 0.506. The highest BCUT2D eigenvalue weighted by molar-refractivity contribution is 6.32. The molecule has 134 valence electrons. The highest BCUT2D eigenvalue weighted by atomic mass is 35.5. The molecule has 3 rings (SSSR count). The molecule has 0 aliphatic heterocycles. The van der Waals surface area contributed by atoms with Gasteiger partial charge in [0, 0.05) is 23.9 Å². The lowest BCUT2D eigenvalue weighted by atomic mass is 10.1. The lowest BCUT2D eigenvalue weighted by molar-refractivity contribution is 0.415. The van der Waals surface area contributed by atoms with Gasteiger partial charge in [-0.15, -0.1) is 0 Å². The molecule has 0 saturated heterocycles. The number of aromatic nitrogens is 2. The van der Waals surface area contributed by atoms with Gasteiger partial charge in [0.15, 0.2) is 0 Å². The van der Waals surface area contributed by atoms with Crippen LogP contribution < -0.4 is 15.4 Å². The number of nitrogens with one attached hydrogen (secondary N) is 2. The fraction of sp³-hybridized carbons (Fsp3) is 0.200. The van der Waals surface area contributed by atoms with Gasteiger partial charge in [-0.25, -0.2) is 4.98 Å². The van der Waals surface area contributed by atoms with Gasteiger partial charge >= 0.3 is 0 Å². The van der Waals surface area contributed by atoms with Crippen molar-refractivity contribution in [3.63, 3.8) is 0 Å². The van der Waals surface area contributed by atoms with Gasteiger partial charge in [0.2, 0.25) is 5.95 Å². The van der Waals surface area contributed by atoms with Gasteiger partial charge in [-0.2, -0.15) is 4.98 Å². The third-order valence-electron chi connectivity index (χ3n) is 3.76. The topological polar surface area (TPSA) is 59.1 Å². The molecular weight excluding hydrogens is 348 g/mol. The lowest BCUT2D eigenvalue weighted by Gasteiger charge is -2.12. The molecule has 0 unspecified atom stereocenters. The number of hydrogen-bond donors (Lipinski definition) is 2. The molecule has 2 N–H and O–H groups in total. The third-order valence-corrected chi connectivity index (χ3v) is 4.06. The van der Waals surface area contributed by atoms with E-state index in [4.69, 9.17) is 16.3 Å². The van der Waals surface area contributed by atoms with Crippen LogP contribution in [0, 0.1) is 0 Å². The molecule has 0 fully saturated rings. The van der Waals surface area contributed by atoms with E-state index in [9.17, 15) is 0 Å². The van der Waals surface area contributed by atoms with E-state index < -0.39 is 0 Å². The Bertz CT molecular complexity index is 871. The van der Waals surface area contributed by atoms with E-state index in [0.717, 1.165) is 35.7 Å². The predicted octanol–water partition coefficient (Wildman–Crippen LogP) is 5.37. The fourth-order valence-corrected chi connectivity index (χ4v) is 2.73. The molecule has 0 aliphatic rings. The predicted molar refractivity (Wildman–Crippen MR) is 108 cm³/mol. The first-order valence-corrected chi connectivity index (χ1v) is 8.86. The van der Waals surface area contributed by atoms with Crippen molar-refractivity contribution in [1.82, 2.24) is 9.97 Å². The monoisotopic (exact) mass is 368 g/mol. The average molecular weight is 369 g/mol. The largest absolute Gasteiger partial charge is 0.495 e. The molecule has 0 amide bonds. The Kier molecular flexibility index (Phi) is 5.92. The van der Waals surface area contributed by atoms with Gasteiger partial charge in [0.1, 0.15) is 11.6 Å². The Morgan fingerprint density at radius 1 is 1.04 bits per heavy atom. The van der Waals surface area contributed by atoms with Gasteiger partial charge < -0.3 is 15.4 Å². The summed E-state index contributed by atoms with van der Waals surface area (Å²) in [5, 5.41) is 7.07. The summed E-state index contributed by atoms with van der Waals surface area (Å²) < 4.78 is 5.19. The fourth-order valence-electron chi connectivity index (χ4n) is 2.48. The van der Waals surface area contributed by atoms with E-state index in [0.29, 0.717) is 16.7 Å². The first-order chi connectivity index (χ1) is 12.7. The molecule has 0 spiro atoms. The number of nitrogens with zero attached hydrogens (tertiary/aromatic N) is 2. The number of hydrogen-bond acceptors (Lipinski definition) is 5. The molecule has 6 heteroatoms. The minimum absolute atomic E-state index is 0.506. The van der Waals surface area contributed by atoms with Crippen molar-refractivity contribution in [3.05, 3.63) is 59.6 Å². The SMILES string of the molecule is CCCNc1cc(-c2ccccc2)nc(Nc2ccc(OC)c(Cl)c2)n1. The zero-order chi connectivity index (χ0) is 18.4. The zero-order valence-electron chi connectivity index (χ0n) is 14.8. The molecule has 0 aliphatic carbocycles. The Morgan fingerprint density at radius 2 is 1.85 bits per heavy atom. The summed E-state index contributed by atoms with van der Waals surface area (Å²) in [7, 11) is 1.59. The molecule has 5 nitrogen and oxygen atoms in total. The number of ether oxygens (including phenoxy) is 1. The van der Waals surface area contributed by atoms with Crippen molar-refractivity contribution in [1.29, 1.82) is 0 Å². The van der Waals surface area contributed by atoms with Crippen LogP contribution in [0.2, 0.25) is 5.02 Å². The van der Waals surface area contributed by atoms with Crippen molar-refractivity contribution in [2.75, 3.05) is 24.3 Å². The molecule has 0 saturated carbocycles. The Morgan fingerprint density at radius 3 is 2.54 bits per heavy atom. The van der Waals surface area contributed by atoms with Gasteiger partial charge in [0.25, 0.3) is 0 Å². The maximum atomic E-state index is 6.20. The van der Waals surface area contributed by atoms with E-state index in [-0.39, 0.29) is 0 Å². The standard InChI is InChI=1S/C20H21ClN4O/c1-3-11-22-19-13-17(14-7-5-4-6-8-14)24-20(25-19)23-15-9-10-18(26-2)16(21)12-15/h4-10,12-13H,3,11H2,1-2H3,(H2,22,23,24,25). The highest BCUT2D eigenvalue weighted by Crippen LogP contribution is 2.29. The summed E-state index contributed by atoms with van der Waals surface area (Å²) in [6, 6.07) is 17.5. The summed E-state index contributed by atoms with van der Waals surface area (Å²) in [6.45, 7) is 2.96. The van der Waals surface area contributed by atoms with E-state index >= 15 is 0 Å². The maximum absolute atomic E-state index is 6.20. The van der Waals surface area contributed by atoms with Crippen molar-refractivity contribution in [3.8, 4) is 17.0 Å². The summed E-state index contributed by atoms with van der Waals surface area (Å²) in [5.41, 5.74) is 2.68. The first-order valence-electron chi connectivity index (χ1n) is 8.48. The van der Waals surface area contributed by atoms with Crippen LogP contribution in [0.15, 0.2) is 54.6 Å². The Balaban J connectivity index is 1.93. The van der Waals surface area contributed by atoms with Gasteiger partial charge in [-0.3, -0.25) is 0 Å². The first kappa shape index (κ1) is 18.0. The van der Waals surface area contributed by atoms with Crippen LogP contribution >= 0.6 is 11.6 Å². The van der Waals surface area contributed by atoms with Crippen LogP contribution in [-0.4, -0.2) is 23.6 Å². The number of halogens is 1. The molecule has 1 aromatic heterocycles. The second kappa shape index (κ2) is 8.54. The summed E-state index contributed by atoms with van der Waals surface area (Å²) in [6.07, 6.45) is 1.02. The van der Waals surface area contributed by atoms with Crippen molar-refractivity contribution >= 4 is 29.1 Å². The molecule has 2 aromatic carbocycles. The normalized spacial score (nSPS) is 10.4. The summed E-state index contributed by atoms with van der Waals surface area (Å²) in [4.78, 5) is 9.20. The Labute approximate surface area is 158 Å². The van der Waals surface area contributed by atoms with Crippen molar-refractivity contribution in [2.24, 2.45) is 0 Å². The van der Waals surface area contributed by atoms with Crippen molar-refractivity contribution < 1.29 is 4.74 Å². The molecule has 1 heterocycles. The minimum Gasteiger partial charge on any atom is -0.495 e. The maximum Gasteiger partial charge on any atom is 0.229 e. The second-order valence-corrected chi connectivity index (χ2v) is 6.14. The van der Waals surface area contributed by atoms with Crippen LogP contribution in [0.25, 0.3) is 11.3 Å². The Hall–Kier alpha value is -2.79. The van der Waals surface area contributed by atoms with E-state index in [1.165, 1.54) is 0 Å². The highest BCUT2D eigenvalue weighted by Gasteiger charge is 2.08. The summed E-state index contributed by atoms with van der Waals surface area (Å²) in [5.74, 6) is 1.91. The number of methoxy groups -OCH3 is 1. The molecule has 0 atom stereocenters. The van der Waals surface area contributed by atoms with Crippen LogP contribution in [0.4, 0.5) is 17.5 Å². The molecule has 3 aromatic rings. The van der Waals surface area contributed by atoms with Gasteiger partial charge in [-0.05, 0) is 24.6 Å². The van der Waals surface area contributed by atoms with Gasteiger partial charge in [0.05, 0.1) is 17.8 Å². The molecule has 0 radical (unpaired) electrons. The second-order valence-electron chi connectivity index (χ2n) is 5.73. The van der Waals surface area contributed by atoms with E-state index in [1.807, 2.05) is 48.5 Å². The van der Waals surface area contributed by atoms with Crippen LogP contribution in [0.1, 0.15) is 13.3 Å². The van der Waals surface area contributed by atoms with Crippen LogP contribution in [-0.2, 0) is 0 Å². The van der Waals surface area contributed by atoms with Crippen LogP contribution in [0.5, 0.6) is 5.75 Å². The quantitative estimate of drug-likeness (QED) is 0.587. The number of rotatable bonds is 7. The van der Waals surface area contributed by atoms with Gasteiger partial charge in [-0.1, -0.05) is 48.9 Å². The zero-order valence-corrected chi connectivity index (χ0v) is 15.5. The lowest BCUT2D eigenvalue weighted by Crippen LogP contribution is -2.06.